The molecule has 3 heterocycles. The van der Waals surface area contributed by atoms with Crippen LogP contribution in [-0.2, 0) is 4.74 Å². The van der Waals surface area contributed by atoms with Gasteiger partial charge in [-0.2, -0.15) is 9.97 Å². The molecule has 0 spiro atoms. The Morgan fingerprint density at radius 1 is 1.03 bits per heavy atom. The molecule has 2 aliphatic rings. The summed E-state index contributed by atoms with van der Waals surface area (Å²) < 4.78 is 35.4. The first kappa shape index (κ1) is 23.9. The van der Waals surface area contributed by atoms with Crippen molar-refractivity contribution in [3.05, 3.63) is 36.2 Å². The Morgan fingerprint density at radius 3 is 2.43 bits per heavy atom. The van der Waals surface area contributed by atoms with E-state index in [-0.39, 0.29) is 24.1 Å². The van der Waals surface area contributed by atoms with Gasteiger partial charge in [0.2, 0.25) is 5.95 Å². The van der Waals surface area contributed by atoms with E-state index in [2.05, 4.69) is 20.2 Å². The third-order valence-corrected chi connectivity index (χ3v) is 6.89. The summed E-state index contributed by atoms with van der Waals surface area (Å²) in [5.74, 6) is 1.64. The third kappa shape index (κ3) is 5.23. The number of hydrogen-bond donors (Lipinski definition) is 2. The largest absolute Gasteiger partial charge is 0.372 e. The minimum absolute atomic E-state index is 0.0331. The molecule has 1 saturated carbocycles. The van der Waals surface area contributed by atoms with E-state index in [4.69, 9.17) is 15.5 Å². The summed E-state index contributed by atoms with van der Waals surface area (Å²) in [6, 6.07) is 9.18. The molecule has 3 N–H and O–H groups in total. The zero-order valence-corrected chi connectivity index (χ0v) is 20.2. The van der Waals surface area contributed by atoms with Crippen LogP contribution >= 0.6 is 0 Å². The highest BCUT2D eigenvalue weighted by Crippen LogP contribution is 2.30. The highest BCUT2D eigenvalue weighted by atomic mass is 19.3. The number of nitrogens with zero attached hydrogens (tertiary/aromatic N) is 5. The van der Waals surface area contributed by atoms with Crippen molar-refractivity contribution >= 4 is 22.8 Å². The van der Waals surface area contributed by atoms with E-state index in [1.165, 1.54) is 4.57 Å². The molecule has 1 aliphatic heterocycles. The molecular weight excluding hydrogens is 452 g/mol. The summed E-state index contributed by atoms with van der Waals surface area (Å²) in [7, 11) is 0. The van der Waals surface area contributed by atoms with Crippen molar-refractivity contribution in [2.75, 3.05) is 29.9 Å². The molecule has 2 aromatic heterocycles. The Balaban J connectivity index is 1.54. The maximum absolute atomic E-state index is 14.1. The molecule has 5 rings (SSSR count). The van der Waals surface area contributed by atoms with Crippen LogP contribution in [0.4, 0.5) is 20.5 Å². The van der Waals surface area contributed by atoms with E-state index in [1.54, 1.807) is 24.3 Å². The van der Waals surface area contributed by atoms with Crippen LogP contribution < -0.4 is 16.0 Å². The molecule has 10 heteroatoms. The van der Waals surface area contributed by atoms with Gasteiger partial charge in [-0.1, -0.05) is 12.1 Å². The fourth-order valence-corrected chi connectivity index (χ4v) is 5.20. The quantitative estimate of drug-likeness (QED) is 0.538. The molecule has 1 aliphatic carbocycles. The van der Waals surface area contributed by atoms with Crippen molar-refractivity contribution in [2.24, 2.45) is 11.7 Å². The zero-order valence-electron chi connectivity index (χ0n) is 20.2. The van der Waals surface area contributed by atoms with Gasteiger partial charge in [-0.05, 0) is 57.6 Å². The van der Waals surface area contributed by atoms with Crippen molar-refractivity contribution in [1.29, 1.82) is 0 Å². The molecular formula is C25H33F2N7O. The average molecular weight is 486 g/mol. The summed E-state index contributed by atoms with van der Waals surface area (Å²) in [5, 5.41) is 3.39. The van der Waals surface area contributed by atoms with Crippen molar-refractivity contribution in [3.63, 3.8) is 0 Å². The smallest absolute Gasteiger partial charge is 0.296 e. The molecule has 2 fully saturated rings. The Bertz CT molecular complexity index is 1150. The molecule has 8 nitrogen and oxygen atoms in total. The van der Waals surface area contributed by atoms with E-state index in [1.807, 2.05) is 19.9 Å². The number of fused-ring (bicyclic) bond motifs is 1. The lowest BCUT2D eigenvalue weighted by Gasteiger charge is -2.36. The van der Waals surface area contributed by atoms with E-state index in [0.29, 0.717) is 47.6 Å². The molecule has 0 radical (unpaired) electrons. The average Bonchev–Trinajstić information content (AvgIpc) is 3.23. The van der Waals surface area contributed by atoms with E-state index >= 15 is 0 Å². The predicted molar refractivity (Wildman–Crippen MR) is 132 cm³/mol. The molecule has 1 saturated heterocycles. The molecule has 1 aromatic carbocycles. The second-order valence-corrected chi connectivity index (χ2v) is 9.83. The maximum Gasteiger partial charge on any atom is 0.296 e. The third-order valence-electron chi connectivity index (χ3n) is 6.89. The first-order valence-corrected chi connectivity index (χ1v) is 12.4. The van der Waals surface area contributed by atoms with Crippen LogP contribution in [-0.4, -0.2) is 57.4 Å². The number of para-hydroxylation sites is 2. The number of rotatable bonds is 6. The van der Waals surface area contributed by atoms with Gasteiger partial charge in [0.05, 0.1) is 23.2 Å². The number of nitrogens with one attached hydrogen (secondary N) is 1. The number of ether oxygens (including phenoxy) is 1. The summed E-state index contributed by atoms with van der Waals surface area (Å²) >= 11 is 0. The SMILES string of the molecule is C[C@@H]1CN(c2cc(-n3c(C(F)F)nc4ccccc43)nc(NC[C@H]3CC[C@H](N)CC3)n2)C[C@H](C)O1. The van der Waals surface area contributed by atoms with Crippen LogP contribution in [0, 0.1) is 5.92 Å². The zero-order chi connectivity index (χ0) is 24.5. The number of benzene rings is 1. The van der Waals surface area contributed by atoms with Crippen LogP contribution in [0.1, 0.15) is 51.8 Å². The monoisotopic (exact) mass is 485 g/mol. The second-order valence-electron chi connectivity index (χ2n) is 9.83. The van der Waals surface area contributed by atoms with Crippen molar-refractivity contribution in [1.82, 2.24) is 19.5 Å². The first-order chi connectivity index (χ1) is 16.9. The lowest BCUT2D eigenvalue weighted by molar-refractivity contribution is -0.00546. The van der Waals surface area contributed by atoms with E-state index < -0.39 is 6.43 Å². The number of hydrogen-bond acceptors (Lipinski definition) is 7. The van der Waals surface area contributed by atoms with Crippen molar-refractivity contribution in [2.45, 2.75) is 64.2 Å². The number of alkyl halides is 2. The van der Waals surface area contributed by atoms with Crippen LogP contribution in [0.3, 0.4) is 0 Å². The highest BCUT2D eigenvalue weighted by molar-refractivity contribution is 5.78. The van der Waals surface area contributed by atoms with Crippen molar-refractivity contribution in [3.8, 4) is 5.82 Å². The van der Waals surface area contributed by atoms with E-state index in [0.717, 1.165) is 32.2 Å². The fourth-order valence-electron chi connectivity index (χ4n) is 5.20. The minimum atomic E-state index is -2.74. The first-order valence-electron chi connectivity index (χ1n) is 12.4. The topological polar surface area (TPSA) is 94.1 Å². The summed E-state index contributed by atoms with van der Waals surface area (Å²) in [6.45, 7) is 6.09. The predicted octanol–water partition coefficient (Wildman–Crippen LogP) is 4.30. The normalized spacial score (nSPS) is 25.4. The van der Waals surface area contributed by atoms with Crippen LogP contribution in [0.25, 0.3) is 16.9 Å². The van der Waals surface area contributed by atoms with Gasteiger partial charge < -0.3 is 20.7 Å². The van der Waals surface area contributed by atoms with Gasteiger partial charge in [-0.15, -0.1) is 0 Å². The van der Waals surface area contributed by atoms with Crippen LogP contribution in [0.2, 0.25) is 0 Å². The molecule has 35 heavy (non-hydrogen) atoms. The molecule has 2 atom stereocenters. The number of morpholine rings is 1. The Hall–Kier alpha value is -2.85. The number of aromatic nitrogens is 4. The molecule has 0 amide bonds. The Kier molecular flexibility index (Phi) is 6.84. The van der Waals surface area contributed by atoms with E-state index in [9.17, 15) is 8.78 Å². The number of halogens is 2. The second kappa shape index (κ2) is 10.0. The minimum Gasteiger partial charge on any atom is -0.372 e. The van der Waals surface area contributed by atoms with Gasteiger partial charge in [-0.3, -0.25) is 4.57 Å². The molecule has 3 aromatic rings. The maximum atomic E-state index is 14.1. The molecule has 0 unspecified atom stereocenters. The summed E-state index contributed by atoms with van der Waals surface area (Å²) in [4.78, 5) is 15.8. The standard InChI is InChI=1S/C25H33F2N7O/c1-15-13-33(14-16(2)35-15)21-11-22(32-25(31-21)29-12-17-7-9-18(28)10-8-17)34-20-6-4-3-5-19(20)30-24(34)23(26)27/h3-6,11,15-18,23H,7-10,12-14,28H2,1-2H3,(H,29,31,32)/t15-,16+,17-,18-. The summed E-state index contributed by atoms with van der Waals surface area (Å²) in [6.07, 6.45) is 1.47. The Labute approximate surface area is 203 Å². The molecule has 188 valence electrons. The lowest BCUT2D eigenvalue weighted by atomic mass is 9.86. The fraction of sp³-hybridized carbons (Fsp3) is 0.560. The molecule has 0 bridgehead atoms. The van der Waals surface area contributed by atoms with Gasteiger partial charge >= 0.3 is 0 Å². The lowest BCUT2D eigenvalue weighted by Crippen LogP contribution is -2.46. The van der Waals surface area contributed by atoms with Crippen LogP contribution in [0.15, 0.2) is 30.3 Å². The highest BCUT2D eigenvalue weighted by Gasteiger charge is 2.27. The number of imidazole rings is 1. The van der Waals surface area contributed by atoms with Gasteiger partial charge in [0, 0.05) is 31.7 Å². The Morgan fingerprint density at radius 2 is 1.71 bits per heavy atom. The number of anilines is 2. The van der Waals surface area contributed by atoms with Gasteiger partial charge in [0.1, 0.15) is 11.6 Å². The van der Waals surface area contributed by atoms with Gasteiger partial charge in [0.15, 0.2) is 5.82 Å². The number of nitrogens with two attached hydrogens (primary N) is 1. The van der Waals surface area contributed by atoms with Gasteiger partial charge in [-0.25, -0.2) is 13.8 Å². The van der Waals surface area contributed by atoms with Gasteiger partial charge in [0.25, 0.3) is 6.43 Å². The van der Waals surface area contributed by atoms with Crippen LogP contribution in [0.5, 0.6) is 0 Å². The summed E-state index contributed by atoms with van der Waals surface area (Å²) in [5.41, 5.74) is 7.15. The van der Waals surface area contributed by atoms with Crippen molar-refractivity contribution < 1.29 is 13.5 Å².